The Bertz CT molecular complexity index is 499. The summed E-state index contributed by atoms with van der Waals surface area (Å²) in [4.78, 5) is 0. The maximum atomic E-state index is 11.8. The first kappa shape index (κ1) is 39.0. The molecule has 12 nitrogen and oxygen atoms in total. The SMILES string of the molecule is C#CCOCCOCCOCCOCCOCCOCCOCCOCCOCCOCCOCCOCCF. The molecule has 0 atom stereocenters. The molecule has 0 amide bonds. The summed E-state index contributed by atoms with van der Waals surface area (Å²) < 4.78 is 75.8. The first-order chi connectivity index (χ1) is 19.9. The molecule has 0 bridgehead atoms. The van der Waals surface area contributed by atoms with Gasteiger partial charge in [0.2, 0.25) is 0 Å². The molecule has 0 unspecified atom stereocenters. The number of ether oxygens (including phenoxy) is 12. The Labute approximate surface area is 239 Å². The summed E-state index contributed by atoms with van der Waals surface area (Å²) in [6.45, 7) is 10.7. The van der Waals surface area contributed by atoms with Crippen molar-refractivity contribution in [2.24, 2.45) is 0 Å². The largest absolute Gasteiger partial charge is 0.377 e. The van der Waals surface area contributed by atoms with Gasteiger partial charge in [-0.15, -0.1) is 6.42 Å². The lowest BCUT2D eigenvalue weighted by Gasteiger charge is -2.09. The average molecular weight is 587 g/mol. The fraction of sp³-hybridized carbons (Fsp3) is 0.926. The van der Waals surface area contributed by atoms with E-state index >= 15 is 0 Å². The van der Waals surface area contributed by atoms with Crippen LogP contribution in [-0.2, 0) is 56.8 Å². The molecule has 0 saturated carbocycles. The van der Waals surface area contributed by atoms with Crippen molar-refractivity contribution in [3.8, 4) is 12.3 Å². The molecule has 40 heavy (non-hydrogen) atoms. The van der Waals surface area contributed by atoms with E-state index in [0.717, 1.165) is 0 Å². The van der Waals surface area contributed by atoms with Crippen LogP contribution in [0.15, 0.2) is 0 Å². The van der Waals surface area contributed by atoms with Gasteiger partial charge in [0.1, 0.15) is 13.3 Å². The summed E-state index contributed by atoms with van der Waals surface area (Å²) in [5, 5.41) is 0. The quantitative estimate of drug-likeness (QED) is 0.0765. The summed E-state index contributed by atoms with van der Waals surface area (Å²) in [6.07, 6.45) is 5.07. The molecule has 0 saturated heterocycles. The Balaban J connectivity index is 3.02. The summed E-state index contributed by atoms with van der Waals surface area (Å²) in [7, 11) is 0. The van der Waals surface area contributed by atoms with Crippen LogP contribution in [0.1, 0.15) is 0 Å². The lowest BCUT2D eigenvalue weighted by molar-refractivity contribution is -0.0282. The van der Waals surface area contributed by atoms with Crippen molar-refractivity contribution in [2.75, 3.05) is 165 Å². The molecule has 0 aliphatic carbocycles. The highest BCUT2D eigenvalue weighted by Crippen LogP contribution is 1.87. The zero-order valence-electron chi connectivity index (χ0n) is 24.0. The highest BCUT2D eigenvalue weighted by atomic mass is 19.1. The van der Waals surface area contributed by atoms with Crippen LogP contribution >= 0.6 is 0 Å². The smallest absolute Gasteiger partial charge is 0.113 e. The van der Waals surface area contributed by atoms with Crippen LogP contribution in [-0.4, -0.2) is 165 Å². The number of rotatable bonds is 36. The van der Waals surface area contributed by atoms with Crippen LogP contribution < -0.4 is 0 Å². The van der Waals surface area contributed by atoms with Gasteiger partial charge in [0, 0.05) is 0 Å². The molecule has 13 heteroatoms. The van der Waals surface area contributed by atoms with E-state index in [1.807, 2.05) is 0 Å². The molecule has 0 rings (SSSR count). The van der Waals surface area contributed by atoms with Gasteiger partial charge in [0.25, 0.3) is 0 Å². The Hall–Kier alpha value is -0.990. The molecule has 0 radical (unpaired) electrons. The third-order valence-electron chi connectivity index (χ3n) is 4.50. The molecule has 0 aromatic rings. The molecule has 0 aliphatic heterocycles. The van der Waals surface area contributed by atoms with Crippen molar-refractivity contribution in [3.63, 3.8) is 0 Å². The van der Waals surface area contributed by atoms with Gasteiger partial charge in [-0.1, -0.05) is 5.92 Å². The first-order valence-corrected chi connectivity index (χ1v) is 13.8. The van der Waals surface area contributed by atoms with Gasteiger partial charge in [0.15, 0.2) is 0 Å². The minimum Gasteiger partial charge on any atom is -0.377 e. The maximum absolute atomic E-state index is 11.8. The molecule has 0 aliphatic rings. The van der Waals surface area contributed by atoms with Crippen LogP contribution in [0.25, 0.3) is 0 Å². The molecule has 0 aromatic heterocycles. The Morgan fingerprint density at radius 1 is 0.300 bits per heavy atom. The van der Waals surface area contributed by atoms with E-state index < -0.39 is 6.67 Å². The zero-order chi connectivity index (χ0) is 28.9. The van der Waals surface area contributed by atoms with E-state index in [4.69, 9.17) is 63.3 Å². The fourth-order valence-electron chi connectivity index (χ4n) is 2.60. The number of hydrogen-bond acceptors (Lipinski definition) is 12. The topological polar surface area (TPSA) is 111 Å². The zero-order valence-corrected chi connectivity index (χ0v) is 24.0. The van der Waals surface area contributed by atoms with Crippen molar-refractivity contribution in [2.45, 2.75) is 0 Å². The molecule has 0 N–H and O–H groups in total. The van der Waals surface area contributed by atoms with E-state index in [1.165, 1.54) is 0 Å². The van der Waals surface area contributed by atoms with Crippen molar-refractivity contribution in [1.29, 1.82) is 0 Å². The van der Waals surface area contributed by atoms with E-state index in [0.29, 0.717) is 152 Å². The third-order valence-corrected chi connectivity index (χ3v) is 4.50. The molecular weight excluding hydrogens is 535 g/mol. The third kappa shape index (κ3) is 37.0. The van der Waals surface area contributed by atoms with E-state index in [2.05, 4.69) is 5.92 Å². The van der Waals surface area contributed by atoms with Crippen LogP contribution in [0.3, 0.4) is 0 Å². The maximum Gasteiger partial charge on any atom is 0.113 e. The molecule has 238 valence electrons. The average Bonchev–Trinajstić information content (AvgIpc) is 2.97. The molecule has 0 fully saturated rings. The van der Waals surface area contributed by atoms with Gasteiger partial charge in [-0.2, -0.15) is 0 Å². The van der Waals surface area contributed by atoms with Crippen molar-refractivity contribution in [3.05, 3.63) is 0 Å². The lowest BCUT2D eigenvalue weighted by atomic mass is 10.6. The van der Waals surface area contributed by atoms with Gasteiger partial charge < -0.3 is 56.8 Å². The summed E-state index contributed by atoms with van der Waals surface area (Å²) in [5.74, 6) is 2.39. The minimum absolute atomic E-state index is 0.113. The lowest BCUT2D eigenvalue weighted by Crippen LogP contribution is -2.15. The second-order valence-corrected chi connectivity index (χ2v) is 7.68. The highest BCUT2D eigenvalue weighted by Gasteiger charge is 1.96. The number of halogens is 1. The predicted octanol–water partition coefficient (Wildman–Crippen LogP) is 0.788. The predicted molar refractivity (Wildman–Crippen MR) is 145 cm³/mol. The van der Waals surface area contributed by atoms with Crippen LogP contribution in [0.2, 0.25) is 0 Å². The van der Waals surface area contributed by atoms with Gasteiger partial charge in [-0.05, 0) is 0 Å². The number of terminal acetylenes is 1. The summed E-state index contributed by atoms with van der Waals surface area (Å²) in [5.41, 5.74) is 0. The standard InChI is InChI=1S/C27H51FO12/c1-2-4-29-6-8-31-10-12-33-14-16-35-18-20-37-22-24-39-26-27-40-25-23-38-21-19-36-17-15-34-13-11-32-9-7-30-5-3-28/h1H,3-27H2. The van der Waals surface area contributed by atoms with Crippen LogP contribution in [0, 0.1) is 12.3 Å². The fourth-order valence-corrected chi connectivity index (χ4v) is 2.60. The Morgan fingerprint density at radius 3 is 0.650 bits per heavy atom. The minimum atomic E-state index is -0.475. The second-order valence-electron chi connectivity index (χ2n) is 7.68. The Kier molecular flexibility index (Phi) is 37.1. The summed E-state index contributed by atoms with van der Waals surface area (Å²) >= 11 is 0. The van der Waals surface area contributed by atoms with Gasteiger partial charge in [0.05, 0.1) is 152 Å². The van der Waals surface area contributed by atoms with Crippen molar-refractivity contribution >= 4 is 0 Å². The van der Waals surface area contributed by atoms with Crippen molar-refractivity contribution in [1.82, 2.24) is 0 Å². The van der Waals surface area contributed by atoms with E-state index in [-0.39, 0.29) is 6.61 Å². The molecule has 0 heterocycles. The number of hydrogen-bond donors (Lipinski definition) is 0. The monoisotopic (exact) mass is 586 g/mol. The highest BCUT2D eigenvalue weighted by molar-refractivity contribution is 4.82. The van der Waals surface area contributed by atoms with E-state index in [1.54, 1.807) is 0 Å². The van der Waals surface area contributed by atoms with Gasteiger partial charge in [-0.3, -0.25) is 0 Å². The molecule has 0 spiro atoms. The second kappa shape index (κ2) is 38.0. The van der Waals surface area contributed by atoms with Gasteiger partial charge >= 0.3 is 0 Å². The Morgan fingerprint density at radius 2 is 0.475 bits per heavy atom. The van der Waals surface area contributed by atoms with Crippen LogP contribution in [0.4, 0.5) is 4.39 Å². The molecule has 0 aromatic carbocycles. The first-order valence-electron chi connectivity index (χ1n) is 13.8. The summed E-state index contributed by atoms with van der Waals surface area (Å²) in [6, 6.07) is 0. The molecular formula is C27H51FO12. The normalized spacial score (nSPS) is 11.3. The van der Waals surface area contributed by atoms with E-state index in [9.17, 15) is 4.39 Å². The van der Waals surface area contributed by atoms with Crippen LogP contribution in [0.5, 0.6) is 0 Å². The van der Waals surface area contributed by atoms with Gasteiger partial charge in [-0.25, -0.2) is 4.39 Å². The number of alkyl halides is 1. The van der Waals surface area contributed by atoms with Crippen molar-refractivity contribution < 1.29 is 61.2 Å².